The van der Waals surface area contributed by atoms with Gasteiger partial charge in [0.1, 0.15) is 18.1 Å². The van der Waals surface area contributed by atoms with Gasteiger partial charge >= 0.3 is 0 Å². The molecule has 1 aromatic carbocycles. The third-order valence-corrected chi connectivity index (χ3v) is 3.98. The van der Waals surface area contributed by atoms with Gasteiger partial charge in [-0.25, -0.2) is 4.68 Å². The lowest BCUT2D eigenvalue weighted by Gasteiger charge is -2.23. The lowest BCUT2D eigenvalue weighted by atomic mass is 9.87. The van der Waals surface area contributed by atoms with Crippen molar-refractivity contribution in [1.29, 1.82) is 0 Å². The van der Waals surface area contributed by atoms with E-state index in [-0.39, 0.29) is 11.8 Å². The van der Waals surface area contributed by atoms with E-state index < -0.39 is 0 Å². The Balaban J connectivity index is 1.73. The molecule has 5 nitrogen and oxygen atoms in total. The molecule has 0 spiro atoms. The number of carbonyl (C=O) groups is 1. The zero-order chi connectivity index (χ0) is 14.9. The summed E-state index contributed by atoms with van der Waals surface area (Å²) in [5.74, 6) is 1.64. The maximum atomic E-state index is 12.1. The van der Waals surface area contributed by atoms with Crippen molar-refractivity contribution in [3.05, 3.63) is 71.8 Å². The fourth-order valence-electron chi connectivity index (χ4n) is 2.92. The zero-order valence-corrected chi connectivity index (χ0v) is 11.9. The first-order chi connectivity index (χ1) is 10.8. The van der Waals surface area contributed by atoms with Crippen molar-refractivity contribution in [3.8, 4) is 0 Å². The van der Waals surface area contributed by atoms with Crippen molar-refractivity contribution in [2.24, 2.45) is 0 Å². The minimum atomic E-state index is 0.0162. The lowest BCUT2D eigenvalue weighted by Crippen LogP contribution is -2.25. The molecule has 1 amide bonds. The molecule has 3 heterocycles. The van der Waals surface area contributed by atoms with Crippen LogP contribution in [0.3, 0.4) is 0 Å². The Hall–Kier alpha value is -2.82. The Labute approximate surface area is 127 Å². The number of hydrogen-bond donors (Lipinski definition) is 1. The molecule has 0 saturated heterocycles. The summed E-state index contributed by atoms with van der Waals surface area (Å²) in [7, 11) is 0. The van der Waals surface area contributed by atoms with Crippen LogP contribution in [0.15, 0.2) is 59.3 Å². The second-order valence-electron chi connectivity index (χ2n) is 5.40. The van der Waals surface area contributed by atoms with E-state index in [4.69, 9.17) is 4.42 Å². The van der Waals surface area contributed by atoms with E-state index >= 15 is 0 Å². The molecule has 22 heavy (non-hydrogen) atoms. The van der Waals surface area contributed by atoms with Gasteiger partial charge in [0.25, 0.3) is 0 Å². The topological polar surface area (TPSA) is 60.1 Å². The molecule has 4 rings (SSSR count). The predicted octanol–water partition coefficient (Wildman–Crippen LogP) is 3.00. The second kappa shape index (κ2) is 5.18. The van der Waals surface area contributed by atoms with Crippen LogP contribution in [0, 0.1) is 0 Å². The molecule has 0 bridgehead atoms. The Bertz CT molecular complexity index is 791. The van der Waals surface area contributed by atoms with E-state index in [0.717, 1.165) is 22.7 Å². The summed E-state index contributed by atoms with van der Waals surface area (Å²) in [6.07, 6.45) is 3.93. The van der Waals surface area contributed by atoms with Crippen molar-refractivity contribution < 1.29 is 9.21 Å². The molecular weight excluding hydrogens is 278 g/mol. The molecule has 0 unspecified atom stereocenters. The number of amides is 1. The standard InChI is InChI=1S/C17H15N3O2/c21-16-9-14(12-5-2-1-3-6-12)15-10-18-20(17(15)19-16)11-13-7-4-8-22-13/h1-8,10,14H,9,11H2,(H,19,21)/t14-/m1/s1. The number of anilines is 1. The summed E-state index contributed by atoms with van der Waals surface area (Å²) in [6, 6.07) is 13.8. The van der Waals surface area contributed by atoms with E-state index in [0.29, 0.717) is 13.0 Å². The summed E-state index contributed by atoms with van der Waals surface area (Å²) in [4.78, 5) is 12.1. The molecule has 3 aromatic rings. The van der Waals surface area contributed by atoms with Crippen LogP contribution in [0.4, 0.5) is 5.82 Å². The number of nitrogens with one attached hydrogen (secondary N) is 1. The largest absolute Gasteiger partial charge is 0.467 e. The molecule has 0 radical (unpaired) electrons. The van der Waals surface area contributed by atoms with Gasteiger partial charge in [0.05, 0.1) is 12.5 Å². The minimum Gasteiger partial charge on any atom is -0.467 e. The summed E-state index contributed by atoms with van der Waals surface area (Å²) in [5, 5.41) is 7.37. The van der Waals surface area contributed by atoms with Gasteiger partial charge in [-0.15, -0.1) is 0 Å². The highest BCUT2D eigenvalue weighted by Crippen LogP contribution is 2.37. The summed E-state index contributed by atoms with van der Waals surface area (Å²) in [6.45, 7) is 0.504. The molecule has 110 valence electrons. The quantitative estimate of drug-likeness (QED) is 0.807. The van der Waals surface area contributed by atoms with Crippen LogP contribution >= 0.6 is 0 Å². The molecule has 1 N–H and O–H groups in total. The van der Waals surface area contributed by atoms with Crippen LogP contribution in [0.2, 0.25) is 0 Å². The number of benzene rings is 1. The highest BCUT2D eigenvalue weighted by atomic mass is 16.3. The lowest BCUT2D eigenvalue weighted by molar-refractivity contribution is -0.116. The van der Waals surface area contributed by atoms with Gasteiger partial charge in [-0.3, -0.25) is 4.79 Å². The fourth-order valence-corrected chi connectivity index (χ4v) is 2.92. The van der Waals surface area contributed by atoms with Gasteiger partial charge in [-0.05, 0) is 17.7 Å². The van der Waals surface area contributed by atoms with Crippen molar-refractivity contribution >= 4 is 11.7 Å². The average Bonchev–Trinajstić information content (AvgIpc) is 3.18. The van der Waals surface area contributed by atoms with E-state index in [1.165, 1.54) is 0 Å². The first-order valence-corrected chi connectivity index (χ1v) is 7.24. The van der Waals surface area contributed by atoms with Crippen LogP contribution in [-0.4, -0.2) is 15.7 Å². The van der Waals surface area contributed by atoms with Crippen molar-refractivity contribution in [2.75, 3.05) is 5.32 Å². The van der Waals surface area contributed by atoms with Gasteiger partial charge in [-0.2, -0.15) is 5.10 Å². The molecule has 1 atom stereocenters. The van der Waals surface area contributed by atoms with E-state index in [2.05, 4.69) is 22.5 Å². The number of furan rings is 1. The monoisotopic (exact) mass is 293 g/mol. The van der Waals surface area contributed by atoms with Gasteiger partial charge in [-0.1, -0.05) is 30.3 Å². The SMILES string of the molecule is O=C1C[C@H](c2ccccc2)c2cnn(Cc3ccco3)c2N1. The first kappa shape index (κ1) is 12.9. The van der Waals surface area contributed by atoms with Crippen molar-refractivity contribution in [1.82, 2.24) is 9.78 Å². The third-order valence-electron chi connectivity index (χ3n) is 3.98. The summed E-state index contributed by atoms with van der Waals surface area (Å²) >= 11 is 0. The van der Waals surface area contributed by atoms with E-state index in [9.17, 15) is 4.79 Å². The molecule has 5 heteroatoms. The summed E-state index contributed by atoms with van der Waals surface area (Å²) in [5.41, 5.74) is 2.19. The zero-order valence-electron chi connectivity index (χ0n) is 11.9. The Morgan fingerprint density at radius 2 is 2.09 bits per heavy atom. The smallest absolute Gasteiger partial charge is 0.226 e. The number of hydrogen-bond acceptors (Lipinski definition) is 3. The van der Waals surface area contributed by atoms with Gasteiger partial charge in [0.2, 0.25) is 5.91 Å². The normalized spacial score (nSPS) is 17.1. The van der Waals surface area contributed by atoms with Gasteiger partial charge < -0.3 is 9.73 Å². The maximum Gasteiger partial charge on any atom is 0.226 e. The summed E-state index contributed by atoms with van der Waals surface area (Å²) < 4.78 is 7.14. The highest BCUT2D eigenvalue weighted by Gasteiger charge is 2.29. The third kappa shape index (κ3) is 2.20. The minimum absolute atomic E-state index is 0.0162. The highest BCUT2D eigenvalue weighted by molar-refractivity contribution is 5.94. The van der Waals surface area contributed by atoms with Crippen LogP contribution < -0.4 is 5.32 Å². The molecule has 0 saturated carbocycles. The number of rotatable bonds is 3. The fraction of sp³-hybridized carbons (Fsp3) is 0.176. The van der Waals surface area contributed by atoms with Gasteiger partial charge in [0.15, 0.2) is 0 Å². The predicted molar refractivity (Wildman–Crippen MR) is 81.6 cm³/mol. The Morgan fingerprint density at radius 1 is 1.23 bits per heavy atom. The van der Waals surface area contributed by atoms with Crippen LogP contribution in [0.1, 0.15) is 29.2 Å². The molecule has 0 fully saturated rings. The number of aromatic nitrogens is 2. The molecule has 2 aromatic heterocycles. The average molecular weight is 293 g/mol. The van der Waals surface area contributed by atoms with Crippen LogP contribution in [0.25, 0.3) is 0 Å². The molecule has 1 aliphatic rings. The number of nitrogens with zero attached hydrogens (tertiary/aromatic N) is 2. The Morgan fingerprint density at radius 3 is 2.86 bits per heavy atom. The van der Waals surface area contributed by atoms with Crippen LogP contribution in [-0.2, 0) is 11.3 Å². The molecule has 1 aliphatic heterocycles. The maximum absolute atomic E-state index is 12.1. The first-order valence-electron chi connectivity index (χ1n) is 7.24. The Kier molecular flexibility index (Phi) is 3.04. The molecule has 0 aliphatic carbocycles. The van der Waals surface area contributed by atoms with Crippen molar-refractivity contribution in [2.45, 2.75) is 18.9 Å². The molecular formula is C17H15N3O2. The van der Waals surface area contributed by atoms with Crippen LogP contribution in [0.5, 0.6) is 0 Å². The van der Waals surface area contributed by atoms with E-state index in [1.54, 1.807) is 10.9 Å². The van der Waals surface area contributed by atoms with Gasteiger partial charge in [0, 0.05) is 17.9 Å². The van der Waals surface area contributed by atoms with E-state index in [1.807, 2.05) is 36.5 Å². The van der Waals surface area contributed by atoms with Crippen molar-refractivity contribution in [3.63, 3.8) is 0 Å². The number of carbonyl (C=O) groups excluding carboxylic acids is 1. The number of fused-ring (bicyclic) bond motifs is 1. The second-order valence-corrected chi connectivity index (χ2v) is 5.40.